The second-order valence-corrected chi connectivity index (χ2v) is 8.22. The maximum absolute atomic E-state index is 12.9. The number of carbonyl (C=O) groups is 3. The van der Waals surface area contributed by atoms with Gasteiger partial charge in [0.15, 0.2) is 0 Å². The Hall–Kier alpha value is -3.55. The van der Waals surface area contributed by atoms with Gasteiger partial charge in [-0.15, -0.1) is 0 Å². The lowest BCUT2D eigenvalue weighted by Crippen LogP contribution is -2.54. The van der Waals surface area contributed by atoms with Crippen LogP contribution in [-0.2, 0) is 22.6 Å². The molecule has 1 saturated heterocycles. The second kappa shape index (κ2) is 11.9. The van der Waals surface area contributed by atoms with Crippen molar-refractivity contribution in [3.63, 3.8) is 0 Å². The van der Waals surface area contributed by atoms with Crippen LogP contribution in [0.1, 0.15) is 30.9 Å². The van der Waals surface area contributed by atoms with Gasteiger partial charge in [-0.25, -0.2) is 4.79 Å². The maximum Gasteiger partial charge on any atom is 0.317 e. The molecule has 1 fully saturated rings. The summed E-state index contributed by atoms with van der Waals surface area (Å²) in [5, 5.41) is 8.74. The molecule has 1 aliphatic rings. The molecule has 33 heavy (non-hydrogen) atoms. The number of ether oxygens (including phenoxy) is 1. The fourth-order valence-electron chi connectivity index (χ4n) is 3.87. The Labute approximate surface area is 194 Å². The third-order valence-electron chi connectivity index (χ3n) is 5.71. The Kier molecular flexibility index (Phi) is 8.69. The van der Waals surface area contributed by atoms with Crippen LogP contribution in [0.5, 0.6) is 5.75 Å². The van der Waals surface area contributed by atoms with Crippen LogP contribution in [0.4, 0.5) is 4.79 Å². The Morgan fingerprint density at radius 3 is 2.27 bits per heavy atom. The molecule has 0 spiro atoms. The number of urea groups is 1. The van der Waals surface area contributed by atoms with Crippen molar-refractivity contribution >= 4 is 17.8 Å². The fraction of sp³-hybridized carbons (Fsp3) is 0.400. The summed E-state index contributed by atoms with van der Waals surface area (Å²) in [6.07, 6.45) is 1.72. The highest BCUT2D eigenvalue weighted by Crippen LogP contribution is 2.14. The maximum atomic E-state index is 12.9. The second-order valence-electron chi connectivity index (χ2n) is 8.22. The molecule has 0 aromatic heterocycles. The van der Waals surface area contributed by atoms with E-state index in [-0.39, 0.29) is 23.9 Å². The van der Waals surface area contributed by atoms with Crippen LogP contribution in [0.3, 0.4) is 0 Å². The molecule has 3 N–H and O–H groups in total. The van der Waals surface area contributed by atoms with Crippen molar-refractivity contribution < 1.29 is 19.1 Å². The van der Waals surface area contributed by atoms with Crippen molar-refractivity contribution in [3.05, 3.63) is 65.7 Å². The number of hydrogen-bond donors (Lipinski definition) is 3. The topological polar surface area (TPSA) is 99.8 Å². The third kappa shape index (κ3) is 7.52. The monoisotopic (exact) mass is 452 g/mol. The lowest BCUT2D eigenvalue weighted by atomic mass is 10.0. The Morgan fingerprint density at radius 1 is 1.00 bits per heavy atom. The van der Waals surface area contributed by atoms with E-state index in [9.17, 15) is 14.4 Å². The number of likely N-dealkylation sites (tertiary alicyclic amines) is 1. The highest BCUT2D eigenvalue weighted by molar-refractivity contribution is 5.87. The molecule has 0 bridgehead atoms. The van der Waals surface area contributed by atoms with Crippen LogP contribution in [0, 0.1) is 0 Å². The lowest BCUT2D eigenvalue weighted by molar-refractivity contribution is -0.128. The molecule has 3 rings (SSSR count). The highest BCUT2D eigenvalue weighted by atomic mass is 16.5. The molecule has 1 heterocycles. The quantitative estimate of drug-likeness (QED) is 0.572. The summed E-state index contributed by atoms with van der Waals surface area (Å²) in [5.74, 6) is 0.264. The molecule has 2 aromatic rings. The van der Waals surface area contributed by atoms with E-state index in [1.165, 1.54) is 6.92 Å². The number of nitrogens with one attached hydrogen (secondary N) is 3. The predicted molar refractivity (Wildman–Crippen MR) is 126 cm³/mol. The predicted octanol–water partition coefficient (Wildman–Crippen LogP) is 2.23. The molecule has 8 heteroatoms. The lowest BCUT2D eigenvalue weighted by Gasteiger charge is -2.33. The van der Waals surface area contributed by atoms with Crippen LogP contribution in [-0.4, -0.2) is 55.0 Å². The minimum Gasteiger partial charge on any atom is -0.497 e. The molecule has 2 aromatic carbocycles. The van der Waals surface area contributed by atoms with Gasteiger partial charge in [-0.05, 0) is 36.1 Å². The van der Waals surface area contributed by atoms with Crippen LogP contribution in [0.25, 0.3) is 0 Å². The Morgan fingerprint density at radius 2 is 1.67 bits per heavy atom. The van der Waals surface area contributed by atoms with E-state index in [1.807, 2.05) is 54.6 Å². The first-order valence-electron chi connectivity index (χ1n) is 11.2. The van der Waals surface area contributed by atoms with E-state index in [0.717, 1.165) is 16.9 Å². The summed E-state index contributed by atoms with van der Waals surface area (Å²) in [6.45, 7) is 3.02. The van der Waals surface area contributed by atoms with Crippen molar-refractivity contribution in [2.45, 2.75) is 44.8 Å². The molecular formula is C25H32N4O4. The normalized spacial score (nSPS) is 14.8. The fourth-order valence-corrected chi connectivity index (χ4v) is 3.87. The van der Waals surface area contributed by atoms with Crippen LogP contribution in [0.15, 0.2) is 54.6 Å². The van der Waals surface area contributed by atoms with Crippen LogP contribution >= 0.6 is 0 Å². The summed E-state index contributed by atoms with van der Waals surface area (Å²) < 4.78 is 5.17. The van der Waals surface area contributed by atoms with Crippen molar-refractivity contribution in [1.29, 1.82) is 0 Å². The minimum absolute atomic E-state index is 0.0391. The van der Waals surface area contributed by atoms with Crippen molar-refractivity contribution in [2.24, 2.45) is 0 Å². The van der Waals surface area contributed by atoms with Gasteiger partial charge in [0.1, 0.15) is 11.8 Å². The molecule has 176 valence electrons. The smallest absolute Gasteiger partial charge is 0.317 e. The van der Waals surface area contributed by atoms with Crippen molar-refractivity contribution in [2.75, 3.05) is 20.2 Å². The molecule has 0 unspecified atom stereocenters. The van der Waals surface area contributed by atoms with E-state index in [0.29, 0.717) is 38.9 Å². The first-order chi connectivity index (χ1) is 15.9. The molecule has 1 atom stereocenters. The molecule has 0 aliphatic carbocycles. The number of amides is 4. The molecule has 1 aliphatic heterocycles. The summed E-state index contributed by atoms with van der Waals surface area (Å²) in [4.78, 5) is 38.8. The van der Waals surface area contributed by atoms with Gasteiger partial charge >= 0.3 is 6.03 Å². The first-order valence-corrected chi connectivity index (χ1v) is 11.2. The van der Waals surface area contributed by atoms with E-state index in [2.05, 4.69) is 16.0 Å². The minimum atomic E-state index is -0.664. The van der Waals surface area contributed by atoms with E-state index in [4.69, 9.17) is 4.74 Å². The van der Waals surface area contributed by atoms with Crippen molar-refractivity contribution in [3.8, 4) is 5.75 Å². The number of benzene rings is 2. The molecule has 4 amide bonds. The third-order valence-corrected chi connectivity index (χ3v) is 5.71. The Balaban J connectivity index is 1.47. The van der Waals surface area contributed by atoms with Gasteiger partial charge in [0.2, 0.25) is 11.8 Å². The zero-order chi connectivity index (χ0) is 23.6. The Bertz CT molecular complexity index is 925. The van der Waals surface area contributed by atoms with Gasteiger partial charge in [-0.2, -0.15) is 0 Å². The number of rotatable bonds is 8. The molecular weight excluding hydrogens is 420 g/mol. The summed E-state index contributed by atoms with van der Waals surface area (Å²) in [6, 6.07) is 16.4. The molecule has 0 saturated carbocycles. The standard InChI is InChI=1S/C25H32N4O4/c1-18(30)27-23(16-19-8-10-22(33-2)11-9-19)24(31)28-21-12-14-29(15-13-21)25(32)26-17-20-6-4-3-5-7-20/h3-11,21,23H,12-17H2,1-2H3,(H,26,32)(H,27,30)(H,28,31)/t23-/m1/s1. The number of methoxy groups -OCH3 is 1. The number of carbonyl (C=O) groups excluding carboxylic acids is 3. The average molecular weight is 453 g/mol. The summed E-state index contributed by atoms with van der Waals surface area (Å²) in [5.41, 5.74) is 1.98. The van der Waals surface area contributed by atoms with Gasteiger partial charge in [0, 0.05) is 39.0 Å². The van der Waals surface area contributed by atoms with E-state index < -0.39 is 6.04 Å². The number of piperidine rings is 1. The van der Waals surface area contributed by atoms with Crippen molar-refractivity contribution in [1.82, 2.24) is 20.9 Å². The summed E-state index contributed by atoms with van der Waals surface area (Å²) >= 11 is 0. The zero-order valence-corrected chi connectivity index (χ0v) is 19.2. The average Bonchev–Trinajstić information content (AvgIpc) is 2.83. The van der Waals surface area contributed by atoms with Gasteiger partial charge < -0.3 is 25.6 Å². The highest BCUT2D eigenvalue weighted by Gasteiger charge is 2.27. The van der Waals surface area contributed by atoms with E-state index >= 15 is 0 Å². The van der Waals surface area contributed by atoms with Crippen LogP contribution < -0.4 is 20.7 Å². The van der Waals surface area contributed by atoms with Gasteiger partial charge in [0.25, 0.3) is 0 Å². The summed E-state index contributed by atoms with van der Waals surface area (Å²) in [7, 11) is 1.60. The van der Waals surface area contributed by atoms with Crippen LogP contribution in [0.2, 0.25) is 0 Å². The first kappa shape index (κ1) is 24.1. The number of hydrogen-bond acceptors (Lipinski definition) is 4. The van der Waals surface area contributed by atoms with Gasteiger partial charge in [-0.1, -0.05) is 42.5 Å². The largest absolute Gasteiger partial charge is 0.497 e. The van der Waals surface area contributed by atoms with Gasteiger partial charge in [-0.3, -0.25) is 9.59 Å². The SMILES string of the molecule is COc1ccc(C[C@@H](NC(C)=O)C(=O)NC2CCN(C(=O)NCc3ccccc3)CC2)cc1. The number of nitrogens with zero attached hydrogens (tertiary/aromatic N) is 1. The van der Waals surface area contributed by atoms with Gasteiger partial charge in [0.05, 0.1) is 7.11 Å². The van der Waals surface area contributed by atoms with E-state index in [1.54, 1.807) is 12.0 Å². The molecule has 8 nitrogen and oxygen atoms in total. The zero-order valence-electron chi connectivity index (χ0n) is 19.2. The molecule has 0 radical (unpaired) electrons.